The van der Waals surface area contributed by atoms with Crippen LogP contribution in [0.25, 0.3) is 0 Å². The van der Waals surface area contributed by atoms with Gasteiger partial charge < -0.3 is 0 Å². The summed E-state index contributed by atoms with van der Waals surface area (Å²) in [6.45, 7) is 7.76. The van der Waals surface area contributed by atoms with Gasteiger partial charge in [0.2, 0.25) is 0 Å². The van der Waals surface area contributed by atoms with E-state index in [0.717, 1.165) is 32.6 Å². The number of aromatic nitrogens is 2. The summed E-state index contributed by atoms with van der Waals surface area (Å²) in [6, 6.07) is 8.36. The van der Waals surface area contributed by atoms with Gasteiger partial charge in [0.15, 0.2) is 0 Å². The third-order valence-corrected chi connectivity index (χ3v) is 12.4. The maximum atomic E-state index is 9.31. The van der Waals surface area contributed by atoms with E-state index < -0.39 is 18.4 Å². The van der Waals surface area contributed by atoms with Gasteiger partial charge in [-0.25, -0.2) is 0 Å². The minimum absolute atomic E-state index is 0.663. The molecule has 0 atom stereocenters. The Kier molecular flexibility index (Phi) is 6.34. The molecule has 0 aliphatic heterocycles. The fourth-order valence-electron chi connectivity index (χ4n) is 2.12. The molecule has 23 heavy (non-hydrogen) atoms. The molecule has 0 aromatic carbocycles. The second kappa shape index (κ2) is 8.05. The van der Waals surface area contributed by atoms with Crippen molar-refractivity contribution in [1.82, 2.24) is 9.97 Å². The van der Waals surface area contributed by atoms with Crippen LogP contribution in [0.5, 0.6) is 0 Å². The van der Waals surface area contributed by atoms with Gasteiger partial charge in [-0.1, -0.05) is 0 Å². The van der Waals surface area contributed by atoms with Crippen molar-refractivity contribution in [3.8, 4) is 12.1 Å². The summed E-state index contributed by atoms with van der Waals surface area (Å²) in [5, 5.41) is 20.3. The SMILES string of the molecule is Cc1cc(C)c(C#N)c([S][Sn][S]c2nc(C)cc(C)c2C#N)n1. The molecule has 0 saturated heterocycles. The van der Waals surface area contributed by atoms with Crippen LogP contribution in [-0.2, 0) is 0 Å². The van der Waals surface area contributed by atoms with Crippen molar-refractivity contribution >= 4 is 36.3 Å². The van der Waals surface area contributed by atoms with E-state index in [0.29, 0.717) is 11.1 Å². The Labute approximate surface area is 151 Å². The molecule has 4 nitrogen and oxygen atoms in total. The molecule has 2 aromatic rings. The first-order valence-corrected chi connectivity index (χ1v) is 15.4. The Hall–Kier alpha value is -1.22. The predicted molar refractivity (Wildman–Crippen MR) is 94.3 cm³/mol. The summed E-state index contributed by atoms with van der Waals surface area (Å²) in [7, 11) is 3.35. The molecule has 0 aliphatic rings. The van der Waals surface area contributed by atoms with Crippen LogP contribution in [0.3, 0.4) is 0 Å². The van der Waals surface area contributed by atoms with Crippen molar-refractivity contribution in [2.24, 2.45) is 0 Å². The number of aryl methyl sites for hydroxylation is 4. The van der Waals surface area contributed by atoms with Crippen LogP contribution >= 0.6 is 17.9 Å². The predicted octanol–water partition coefficient (Wildman–Crippen LogP) is 3.87. The van der Waals surface area contributed by atoms with Crippen LogP contribution in [0.4, 0.5) is 0 Å². The Balaban J connectivity index is 2.19. The number of hydrogen-bond acceptors (Lipinski definition) is 6. The van der Waals surface area contributed by atoms with Crippen molar-refractivity contribution in [3.05, 3.63) is 45.8 Å². The van der Waals surface area contributed by atoms with E-state index in [1.807, 2.05) is 39.8 Å². The summed E-state index contributed by atoms with van der Waals surface area (Å²) in [4.78, 5) is 9.00. The molecule has 0 unspecified atom stereocenters. The molecule has 2 aromatic heterocycles. The Morgan fingerprint density at radius 3 is 1.57 bits per heavy atom. The molecule has 0 amide bonds. The molecular weight excluding hydrogens is 431 g/mol. The van der Waals surface area contributed by atoms with Gasteiger partial charge in [-0.05, 0) is 0 Å². The quantitative estimate of drug-likeness (QED) is 0.666. The van der Waals surface area contributed by atoms with Gasteiger partial charge in [-0.15, -0.1) is 0 Å². The maximum absolute atomic E-state index is 9.31. The van der Waals surface area contributed by atoms with E-state index in [1.54, 1.807) is 17.9 Å². The number of nitrogens with zero attached hydrogens (tertiary/aromatic N) is 4. The van der Waals surface area contributed by atoms with Gasteiger partial charge in [0.05, 0.1) is 0 Å². The molecule has 0 spiro atoms. The zero-order chi connectivity index (χ0) is 17.0. The molecular formula is C16H14N4S2Sn. The summed E-state index contributed by atoms with van der Waals surface area (Å²) >= 11 is -1.01. The van der Waals surface area contributed by atoms with E-state index in [2.05, 4.69) is 22.1 Å². The third kappa shape index (κ3) is 4.41. The third-order valence-electron chi connectivity index (χ3n) is 3.12. The molecule has 0 fully saturated rings. The Morgan fingerprint density at radius 2 is 1.22 bits per heavy atom. The fraction of sp³-hybridized carbons (Fsp3) is 0.250. The molecule has 2 rings (SSSR count). The van der Waals surface area contributed by atoms with Gasteiger partial charge in [-0.2, -0.15) is 0 Å². The van der Waals surface area contributed by atoms with Gasteiger partial charge in [0.25, 0.3) is 0 Å². The van der Waals surface area contributed by atoms with Gasteiger partial charge in [0, 0.05) is 0 Å². The summed E-state index contributed by atoms with van der Waals surface area (Å²) in [6.07, 6.45) is 0. The van der Waals surface area contributed by atoms with Gasteiger partial charge >= 0.3 is 152 Å². The molecule has 114 valence electrons. The van der Waals surface area contributed by atoms with Crippen LogP contribution in [0.15, 0.2) is 22.2 Å². The Morgan fingerprint density at radius 1 is 0.826 bits per heavy atom. The van der Waals surface area contributed by atoms with Crippen LogP contribution in [0.1, 0.15) is 33.6 Å². The Bertz CT molecular complexity index is 768. The van der Waals surface area contributed by atoms with E-state index in [4.69, 9.17) is 0 Å². The van der Waals surface area contributed by atoms with Crippen LogP contribution in [0, 0.1) is 50.4 Å². The van der Waals surface area contributed by atoms with Crippen molar-refractivity contribution in [3.63, 3.8) is 0 Å². The van der Waals surface area contributed by atoms with Crippen LogP contribution in [-0.4, -0.2) is 28.3 Å². The standard InChI is InChI=1S/2C8H8N2S.Sn/c2*1-5-3-6(2)10-8(11)7(5)4-9;/h2*3H,1-2H3,(H,10,11);/q;;+2/p-2. The summed E-state index contributed by atoms with van der Waals surface area (Å²) in [5.41, 5.74) is 5.11. The first-order valence-electron chi connectivity index (χ1n) is 6.81. The van der Waals surface area contributed by atoms with Crippen LogP contribution in [0.2, 0.25) is 0 Å². The van der Waals surface area contributed by atoms with Crippen molar-refractivity contribution in [2.45, 2.75) is 37.7 Å². The minimum atomic E-state index is -1.01. The molecule has 2 radical (unpaired) electrons. The fourth-order valence-corrected chi connectivity index (χ4v) is 11.6. The molecule has 7 heteroatoms. The number of hydrogen-bond donors (Lipinski definition) is 0. The molecule has 2 heterocycles. The topological polar surface area (TPSA) is 73.4 Å². The van der Waals surface area contributed by atoms with Gasteiger partial charge in [0.1, 0.15) is 0 Å². The molecule has 0 saturated carbocycles. The monoisotopic (exact) mass is 446 g/mol. The van der Waals surface area contributed by atoms with Crippen molar-refractivity contribution in [2.75, 3.05) is 0 Å². The zero-order valence-electron chi connectivity index (χ0n) is 13.3. The second-order valence-electron chi connectivity index (χ2n) is 5.03. The number of rotatable bonds is 4. The normalized spacial score (nSPS) is 10.2. The molecule has 0 bridgehead atoms. The summed E-state index contributed by atoms with van der Waals surface area (Å²) in [5.74, 6) is 0. The summed E-state index contributed by atoms with van der Waals surface area (Å²) < 4.78 is 0. The average Bonchev–Trinajstić information content (AvgIpc) is 2.46. The van der Waals surface area contributed by atoms with E-state index >= 15 is 0 Å². The van der Waals surface area contributed by atoms with Crippen LogP contribution < -0.4 is 0 Å². The van der Waals surface area contributed by atoms with E-state index in [-0.39, 0.29) is 0 Å². The molecule has 0 N–H and O–H groups in total. The van der Waals surface area contributed by atoms with E-state index in [9.17, 15) is 10.5 Å². The molecule has 0 aliphatic carbocycles. The van der Waals surface area contributed by atoms with Gasteiger partial charge in [-0.3, -0.25) is 0 Å². The first kappa shape index (κ1) is 18.1. The zero-order valence-corrected chi connectivity index (χ0v) is 17.7. The second-order valence-corrected chi connectivity index (χ2v) is 14.7. The van der Waals surface area contributed by atoms with Crippen molar-refractivity contribution < 1.29 is 0 Å². The van der Waals surface area contributed by atoms with Crippen molar-refractivity contribution in [1.29, 1.82) is 10.5 Å². The number of nitriles is 2. The first-order chi connectivity index (χ1) is 11.0. The van der Waals surface area contributed by atoms with E-state index in [1.165, 1.54) is 0 Å². The average molecular weight is 445 g/mol. The number of pyridine rings is 2.